The fourth-order valence-electron chi connectivity index (χ4n) is 4.99. The molecule has 0 saturated carbocycles. The quantitative estimate of drug-likeness (QED) is 0.225. The summed E-state index contributed by atoms with van der Waals surface area (Å²) in [6, 6.07) is 30.3. The third kappa shape index (κ3) is 5.79. The molecule has 0 aliphatic carbocycles. The standard InChI is InChI=1S/C34H35N3O2/c1-22(2)27-8-7-9-28(18-27)23(3)36-34(39)29-16-17-33-32(19-29)35-21-37(33)20-25-12-14-26(15-13-25)31-11-6-5-10-30(31)24(4)38/h5-19,21-24,38H,20H2,1-4H3,(H,36,39)/t23-,24?/m0/s1. The molecule has 1 heterocycles. The van der Waals surface area contributed by atoms with Crippen LogP contribution in [0, 0.1) is 0 Å². The van der Waals surface area contributed by atoms with Crippen molar-refractivity contribution in [1.29, 1.82) is 0 Å². The number of benzene rings is 4. The van der Waals surface area contributed by atoms with Gasteiger partial charge in [0.15, 0.2) is 0 Å². The number of rotatable bonds is 8. The van der Waals surface area contributed by atoms with Gasteiger partial charge in [0, 0.05) is 12.1 Å². The summed E-state index contributed by atoms with van der Waals surface area (Å²) in [6.45, 7) is 8.82. The smallest absolute Gasteiger partial charge is 0.251 e. The van der Waals surface area contributed by atoms with Gasteiger partial charge in [-0.05, 0) is 71.3 Å². The van der Waals surface area contributed by atoms with Gasteiger partial charge in [0.25, 0.3) is 5.91 Å². The fourth-order valence-corrected chi connectivity index (χ4v) is 4.99. The van der Waals surface area contributed by atoms with Crippen LogP contribution in [0.3, 0.4) is 0 Å². The molecule has 1 amide bonds. The zero-order valence-corrected chi connectivity index (χ0v) is 22.9. The first-order chi connectivity index (χ1) is 18.8. The Morgan fingerprint density at radius 3 is 2.36 bits per heavy atom. The van der Waals surface area contributed by atoms with Gasteiger partial charge in [-0.15, -0.1) is 0 Å². The van der Waals surface area contributed by atoms with E-state index < -0.39 is 6.10 Å². The highest BCUT2D eigenvalue weighted by molar-refractivity contribution is 5.97. The van der Waals surface area contributed by atoms with Crippen LogP contribution in [-0.4, -0.2) is 20.6 Å². The Hall–Kier alpha value is -4.22. The van der Waals surface area contributed by atoms with E-state index >= 15 is 0 Å². The highest BCUT2D eigenvalue weighted by atomic mass is 16.3. The first-order valence-electron chi connectivity index (χ1n) is 13.5. The van der Waals surface area contributed by atoms with Crippen molar-refractivity contribution in [2.75, 3.05) is 0 Å². The van der Waals surface area contributed by atoms with Gasteiger partial charge in [0.1, 0.15) is 0 Å². The van der Waals surface area contributed by atoms with Gasteiger partial charge in [0.2, 0.25) is 0 Å². The van der Waals surface area contributed by atoms with E-state index in [-0.39, 0.29) is 11.9 Å². The third-order valence-corrected chi connectivity index (χ3v) is 7.34. The lowest BCUT2D eigenvalue weighted by Gasteiger charge is -2.16. The summed E-state index contributed by atoms with van der Waals surface area (Å²) >= 11 is 0. The molecule has 1 aromatic heterocycles. The maximum Gasteiger partial charge on any atom is 0.251 e. The Morgan fingerprint density at radius 2 is 1.62 bits per heavy atom. The van der Waals surface area contributed by atoms with Crippen LogP contribution in [0.15, 0.2) is 97.3 Å². The number of nitrogens with zero attached hydrogens (tertiary/aromatic N) is 2. The Balaban J connectivity index is 1.29. The van der Waals surface area contributed by atoms with Crippen molar-refractivity contribution in [2.24, 2.45) is 0 Å². The third-order valence-electron chi connectivity index (χ3n) is 7.34. The summed E-state index contributed by atoms with van der Waals surface area (Å²) in [5.41, 5.74) is 8.91. The van der Waals surface area contributed by atoms with Gasteiger partial charge in [0.05, 0.1) is 29.5 Å². The molecule has 39 heavy (non-hydrogen) atoms. The summed E-state index contributed by atoms with van der Waals surface area (Å²) in [5.74, 6) is 0.331. The van der Waals surface area contributed by atoms with Gasteiger partial charge < -0.3 is 15.0 Å². The molecule has 2 atom stereocenters. The van der Waals surface area contributed by atoms with Crippen LogP contribution in [0.4, 0.5) is 0 Å². The van der Waals surface area contributed by atoms with Crippen LogP contribution < -0.4 is 5.32 Å². The summed E-state index contributed by atoms with van der Waals surface area (Å²) in [7, 11) is 0. The van der Waals surface area contributed by atoms with Gasteiger partial charge in [-0.1, -0.05) is 86.6 Å². The second-order valence-electron chi connectivity index (χ2n) is 10.6. The molecule has 4 aromatic carbocycles. The van der Waals surface area contributed by atoms with E-state index in [2.05, 4.69) is 71.2 Å². The molecule has 1 unspecified atom stereocenters. The summed E-state index contributed by atoms with van der Waals surface area (Å²) in [5, 5.41) is 13.3. The maximum absolute atomic E-state index is 13.0. The van der Waals surface area contributed by atoms with Crippen molar-refractivity contribution >= 4 is 16.9 Å². The van der Waals surface area contributed by atoms with E-state index in [9.17, 15) is 9.90 Å². The van der Waals surface area contributed by atoms with Crippen LogP contribution in [0.5, 0.6) is 0 Å². The number of aromatic nitrogens is 2. The van der Waals surface area contributed by atoms with Gasteiger partial charge in [-0.3, -0.25) is 4.79 Å². The van der Waals surface area contributed by atoms with Crippen LogP contribution in [0.2, 0.25) is 0 Å². The van der Waals surface area contributed by atoms with Gasteiger partial charge in [-0.25, -0.2) is 4.98 Å². The molecule has 5 rings (SSSR count). The second-order valence-corrected chi connectivity index (χ2v) is 10.6. The lowest BCUT2D eigenvalue weighted by Crippen LogP contribution is -2.26. The Bertz CT molecular complexity index is 1600. The molecule has 0 spiro atoms. The molecular formula is C34H35N3O2. The zero-order valence-electron chi connectivity index (χ0n) is 22.9. The predicted molar refractivity (Wildman–Crippen MR) is 158 cm³/mol. The summed E-state index contributed by atoms with van der Waals surface area (Å²) < 4.78 is 2.09. The molecule has 0 aliphatic rings. The SMILES string of the molecule is CC(C)c1cccc([C@H](C)NC(=O)c2ccc3c(c2)ncn3Cc2ccc(-c3ccccc3C(C)O)cc2)c1. The molecule has 0 aliphatic heterocycles. The van der Waals surface area contributed by atoms with Crippen molar-refractivity contribution in [2.45, 2.75) is 52.3 Å². The minimum absolute atomic E-state index is 0.0972. The largest absolute Gasteiger partial charge is 0.389 e. The van der Waals surface area contributed by atoms with Gasteiger partial charge >= 0.3 is 0 Å². The van der Waals surface area contributed by atoms with Crippen LogP contribution in [-0.2, 0) is 6.54 Å². The molecule has 2 N–H and O–H groups in total. The number of amides is 1. The lowest BCUT2D eigenvalue weighted by atomic mass is 9.96. The van der Waals surface area contributed by atoms with E-state index in [1.165, 1.54) is 5.56 Å². The molecule has 5 nitrogen and oxygen atoms in total. The molecule has 0 saturated heterocycles. The average Bonchev–Trinajstić information content (AvgIpc) is 3.35. The summed E-state index contributed by atoms with van der Waals surface area (Å²) in [4.78, 5) is 17.6. The number of hydrogen-bond donors (Lipinski definition) is 2. The number of carbonyl (C=O) groups is 1. The Labute approximate surface area is 230 Å². The van der Waals surface area contributed by atoms with E-state index in [1.807, 2.05) is 61.8 Å². The number of hydrogen-bond acceptors (Lipinski definition) is 3. The first kappa shape index (κ1) is 26.4. The minimum Gasteiger partial charge on any atom is -0.389 e. The lowest BCUT2D eigenvalue weighted by molar-refractivity contribution is 0.0940. The van der Waals surface area contributed by atoms with Gasteiger partial charge in [-0.2, -0.15) is 0 Å². The number of nitrogens with one attached hydrogen (secondary N) is 1. The van der Waals surface area contributed by atoms with Crippen LogP contribution in [0.25, 0.3) is 22.2 Å². The van der Waals surface area contributed by atoms with E-state index in [4.69, 9.17) is 0 Å². The normalized spacial score (nSPS) is 13.0. The summed E-state index contributed by atoms with van der Waals surface area (Å²) in [6.07, 6.45) is 1.30. The van der Waals surface area contributed by atoms with Crippen LogP contribution >= 0.6 is 0 Å². The van der Waals surface area contributed by atoms with Crippen molar-refractivity contribution in [3.63, 3.8) is 0 Å². The molecule has 0 radical (unpaired) electrons. The molecule has 5 aromatic rings. The van der Waals surface area contributed by atoms with E-state index in [0.717, 1.165) is 38.9 Å². The number of imidazole rings is 1. The number of aliphatic hydroxyl groups excluding tert-OH is 1. The van der Waals surface area contributed by atoms with E-state index in [1.54, 1.807) is 6.92 Å². The van der Waals surface area contributed by atoms with Crippen molar-refractivity contribution in [3.05, 3.63) is 125 Å². The molecule has 0 bridgehead atoms. The predicted octanol–water partition coefficient (Wildman–Crippen LogP) is 7.42. The fraction of sp³-hybridized carbons (Fsp3) is 0.235. The monoisotopic (exact) mass is 517 g/mol. The first-order valence-corrected chi connectivity index (χ1v) is 13.5. The number of aliphatic hydroxyl groups is 1. The Morgan fingerprint density at radius 1 is 0.872 bits per heavy atom. The highest BCUT2D eigenvalue weighted by Crippen LogP contribution is 2.29. The molecule has 198 valence electrons. The van der Waals surface area contributed by atoms with Crippen molar-refractivity contribution < 1.29 is 9.90 Å². The molecule has 0 fully saturated rings. The van der Waals surface area contributed by atoms with Crippen molar-refractivity contribution in [1.82, 2.24) is 14.9 Å². The van der Waals surface area contributed by atoms with E-state index in [0.29, 0.717) is 18.0 Å². The number of carbonyl (C=O) groups excluding carboxylic acids is 1. The average molecular weight is 518 g/mol. The minimum atomic E-state index is -0.524. The second kappa shape index (κ2) is 11.3. The van der Waals surface area contributed by atoms with Crippen molar-refractivity contribution in [3.8, 4) is 11.1 Å². The zero-order chi connectivity index (χ0) is 27.5. The molecule has 5 heteroatoms. The Kier molecular flexibility index (Phi) is 7.62. The molecular weight excluding hydrogens is 482 g/mol. The maximum atomic E-state index is 13.0. The number of fused-ring (bicyclic) bond motifs is 1. The van der Waals surface area contributed by atoms with Crippen LogP contribution in [0.1, 0.15) is 78.4 Å². The topological polar surface area (TPSA) is 67.2 Å². The highest BCUT2D eigenvalue weighted by Gasteiger charge is 2.15.